The lowest BCUT2D eigenvalue weighted by atomic mass is 9.70. The van der Waals surface area contributed by atoms with E-state index in [4.69, 9.17) is 4.74 Å². The lowest BCUT2D eigenvalue weighted by Crippen LogP contribution is -2.34. The van der Waals surface area contributed by atoms with Crippen LogP contribution < -0.4 is 0 Å². The van der Waals surface area contributed by atoms with Crippen LogP contribution in [0.1, 0.15) is 92.1 Å². The number of benzene rings is 1. The standard InChI is InChI=1S/C30H44O4S/c1-22(18-20-34-26(5)31)11-8-9-12-24(3)21-28(29-25(4)13-10-19-30(29,6)7)35(32,33)27-16-14-23(2)15-17-27/h12,14-18,28H,8-11,13,19-21H2,1-7H3/b22-18+,24-12+. The lowest BCUT2D eigenvalue weighted by molar-refractivity contribution is -0.139. The fourth-order valence-corrected chi connectivity index (χ4v) is 7.28. The fraction of sp³-hybridized carbons (Fsp3) is 0.567. The number of unbranched alkanes of at least 4 members (excludes halogenated alkanes) is 1. The molecule has 5 heteroatoms. The Morgan fingerprint density at radius 3 is 2.31 bits per heavy atom. The predicted molar refractivity (Wildman–Crippen MR) is 145 cm³/mol. The largest absolute Gasteiger partial charge is 0.462 e. The normalized spacial score (nSPS) is 17.9. The van der Waals surface area contributed by atoms with Gasteiger partial charge in [0.25, 0.3) is 0 Å². The van der Waals surface area contributed by atoms with Crippen LogP contribution in [-0.2, 0) is 19.4 Å². The van der Waals surface area contributed by atoms with Crippen molar-refractivity contribution in [2.45, 2.75) is 104 Å². The highest BCUT2D eigenvalue weighted by Crippen LogP contribution is 2.46. The van der Waals surface area contributed by atoms with E-state index in [9.17, 15) is 13.2 Å². The number of esters is 1. The van der Waals surface area contributed by atoms with E-state index < -0.39 is 15.1 Å². The summed E-state index contributed by atoms with van der Waals surface area (Å²) in [5.41, 5.74) is 5.59. The zero-order chi connectivity index (χ0) is 26.2. The second-order valence-electron chi connectivity index (χ2n) is 10.8. The average molecular weight is 501 g/mol. The molecule has 1 aromatic rings. The summed E-state index contributed by atoms with van der Waals surface area (Å²) in [5, 5.41) is -0.540. The number of carbonyl (C=O) groups is 1. The molecule has 1 aliphatic carbocycles. The molecule has 0 radical (unpaired) electrons. The summed E-state index contributed by atoms with van der Waals surface area (Å²) in [5.74, 6) is -0.269. The predicted octanol–water partition coefficient (Wildman–Crippen LogP) is 7.68. The van der Waals surface area contributed by atoms with Gasteiger partial charge in [0.05, 0.1) is 10.1 Å². The summed E-state index contributed by atoms with van der Waals surface area (Å²) in [7, 11) is -3.53. The van der Waals surface area contributed by atoms with E-state index in [0.29, 0.717) is 17.9 Å². The van der Waals surface area contributed by atoms with E-state index in [-0.39, 0.29) is 11.4 Å². The van der Waals surface area contributed by atoms with Gasteiger partial charge in [-0.25, -0.2) is 8.42 Å². The van der Waals surface area contributed by atoms with Crippen molar-refractivity contribution in [3.05, 3.63) is 64.3 Å². The first-order valence-corrected chi connectivity index (χ1v) is 14.3. The second-order valence-corrected chi connectivity index (χ2v) is 12.9. The topological polar surface area (TPSA) is 60.4 Å². The summed E-state index contributed by atoms with van der Waals surface area (Å²) in [6.07, 6.45) is 10.6. The number of hydrogen-bond acceptors (Lipinski definition) is 4. The maximum Gasteiger partial charge on any atom is 0.302 e. The molecule has 0 saturated carbocycles. The van der Waals surface area contributed by atoms with Crippen molar-refractivity contribution >= 4 is 15.8 Å². The molecule has 4 nitrogen and oxygen atoms in total. The second kappa shape index (κ2) is 12.7. The third-order valence-electron chi connectivity index (χ3n) is 7.08. The highest BCUT2D eigenvalue weighted by molar-refractivity contribution is 7.92. The minimum absolute atomic E-state index is 0.130. The molecule has 0 heterocycles. The summed E-state index contributed by atoms with van der Waals surface area (Å²) >= 11 is 0. The van der Waals surface area contributed by atoms with E-state index in [1.807, 2.05) is 32.1 Å². The van der Waals surface area contributed by atoms with Crippen molar-refractivity contribution in [1.82, 2.24) is 0 Å². The zero-order valence-corrected chi connectivity index (χ0v) is 23.6. The number of rotatable bonds is 11. The van der Waals surface area contributed by atoms with Crippen LogP contribution in [-0.4, -0.2) is 26.2 Å². The molecule has 1 atom stereocenters. The fourth-order valence-electron chi connectivity index (χ4n) is 5.12. The van der Waals surface area contributed by atoms with E-state index >= 15 is 0 Å². The molecule has 1 aromatic carbocycles. The third-order valence-corrected chi connectivity index (χ3v) is 9.16. The van der Waals surface area contributed by atoms with Crippen molar-refractivity contribution in [1.29, 1.82) is 0 Å². The van der Waals surface area contributed by atoms with Crippen LogP contribution in [0.25, 0.3) is 0 Å². The Kier molecular flexibility index (Phi) is 10.6. The molecule has 0 aliphatic heterocycles. The van der Waals surface area contributed by atoms with Crippen LogP contribution in [0, 0.1) is 12.3 Å². The first kappa shape index (κ1) is 29.1. The Hall–Kier alpha value is -2.14. The molecule has 0 N–H and O–H groups in total. The molecule has 0 fully saturated rings. The van der Waals surface area contributed by atoms with E-state index in [1.54, 1.807) is 12.1 Å². The molecular weight excluding hydrogens is 456 g/mol. The summed E-state index contributed by atoms with van der Waals surface area (Å²) in [4.78, 5) is 11.3. The minimum Gasteiger partial charge on any atom is -0.462 e. The van der Waals surface area contributed by atoms with Crippen LogP contribution in [0.15, 0.2) is 63.6 Å². The van der Waals surface area contributed by atoms with Gasteiger partial charge < -0.3 is 4.74 Å². The molecule has 0 aromatic heterocycles. The molecule has 1 unspecified atom stereocenters. The maximum absolute atomic E-state index is 14.0. The highest BCUT2D eigenvalue weighted by atomic mass is 32.2. The quantitative estimate of drug-likeness (QED) is 0.178. The van der Waals surface area contributed by atoms with Gasteiger partial charge in [-0.3, -0.25) is 4.79 Å². The third kappa shape index (κ3) is 8.49. The van der Waals surface area contributed by atoms with Gasteiger partial charge in [0.15, 0.2) is 9.84 Å². The number of aryl methyl sites for hydroxylation is 1. The molecular formula is C30H44O4S. The zero-order valence-electron chi connectivity index (χ0n) is 22.7. The van der Waals surface area contributed by atoms with Crippen molar-refractivity contribution in [2.24, 2.45) is 5.41 Å². The van der Waals surface area contributed by atoms with Crippen molar-refractivity contribution in [3.63, 3.8) is 0 Å². The van der Waals surface area contributed by atoms with Gasteiger partial charge in [-0.15, -0.1) is 0 Å². The number of ether oxygens (including phenoxy) is 1. The molecule has 0 amide bonds. The van der Waals surface area contributed by atoms with E-state index in [2.05, 4.69) is 33.8 Å². The summed E-state index contributed by atoms with van der Waals surface area (Å²) < 4.78 is 32.9. The average Bonchev–Trinajstić information content (AvgIpc) is 2.75. The van der Waals surface area contributed by atoms with Crippen LogP contribution in [0.4, 0.5) is 0 Å². The first-order chi connectivity index (χ1) is 16.3. The Balaban J connectivity index is 2.23. The van der Waals surface area contributed by atoms with E-state index in [1.165, 1.54) is 18.1 Å². The molecule has 194 valence electrons. The number of sulfone groups is 1. The van der Waals surface area contributed by atoms with Gasteiger partial charge in [-0.2, -0.15) is 0 Å². The van der Waals surface area contributed by atoms with Crippen LogP contribution in [0.5, 0.6) is 0 Å². The smallest absolute Gasteiger partial charge is 0.302 e. The number of allylic oxidation sites excluding steroid dienone is 4. The first-order valence-electron chi connectivity index (χ1n) is 12.8. The van der Waals surface area contributed by atoms with Crippen molar-refractivity contribution in [3.8, 4) is 0 Å². The summed E-state index contributed by atoms with van der Waals surface area (Å²) in [6.45, 7) is 14.3. The van der Waals surface area contributed by atoms with Gasteiger partial charge in [-0.05, 0) is 102 Å². The van der Waals surface area contributed by atoms with Gasteiger partial charge in [0.2, 0.25) is 0 Å². The van der Waals surface area contributed by atoms with Crippen LogP contribution in [0.3, 0.4) is 0 Å². The van der Waals surface area contributed by atoms with Crippen molar-refractivity contribution < 1.29 is 17.9 Å². The van der Waals surface area contributed by atoms with Crippen LogP contribution in [0.2, 0.25) is 0 Å². The Morgan fingerprint density at radius 2 is 1.71 bits per heavy atom. The molecule has 35 heavy (non-hydrogen) atoms. The molecule has 2 rings (SSSR count). The molecule has 0 bridgehead atoms. The number of hydrogen-bond donors (Lipinski definition) is 0. The maximum atomic E-state index is 14.0. The minimum atomic E-state index is -3.53. The Morgan fingerprint density at radius 1 is 1.06 bits per heavy atom. The van der Waals surface area contributed by atoms with Gasteiger partial charge >= 0.3 is 5.97 Å². The lowest BCUT2D eigenvalue weighted by Gasteiger charge is -2.39. The summed E-state index contributed by atoms with van der Waals surface area (Å²) in [6, 6.07) is 7.29. The van der Waals surface area contributed by atoms with Gasteiger partial charge in [-0.1, -0.05) is 54.3 Å². The molecule has 1 aliphatic rings. The van der Waals surface area contributed by atoms with Crippen molar-refractivity contribution in [2.75, 3.05) is 6.61 Å². The van der Waals surface area contributed by atoms with Crippen LogP contribution >= 0.6 is 0 Å². The van der Waals surface area contributed by atoms with Gasteiger partial charge in [0.1, 0.15) is 6.61 Å². The number of carbonyl (C=O) groups excluding carboxylic acids is 1. The van der Waals surface area contributed by atoms with Gasteiger partial charge in [0, 0.05) is 6.92 Å². The Labute approximate surface area is 213 Å². The molecule has 0 saturated heterocycles. The Bertz CT molecular complexity index is 1070. The molecule has 0 spiro atoms. The monoisotopic (exact) mass is 500 g/mol. The SMILES string of the molecule is CC(=O)OC/C=C(\C)CCC/C=C(\C)CC(C1=C(C)CCCC1(C)C)S(=O)(=O)c1ccc(C)cc1. The highest BCUT2D eigenvalue weighted by Gasteiger charge is 2.40. The van der Waals surface area contributed by atoms with E-state index in [0.717, 1.165) is 55.2 Å².